The standard InChI is InChI=1S/C10H11N3O/c11-5-8-1-3-13-7-10(8)14-9-2-4-12-6-9/h1,3,7,9,12H,2,4,6H2. The topological polar surface area (TPSA) is 57.9 Å². The molecule has 0 radical (unpaired) electrons. The van der Waals surface area contributed by atoms with Gasteiger partial charge in [-0.3, -0.25) is 4.98 Å². The molecule has 1 aliphatic heterocycles. The lowest BCUT2D eigenvalue weighted by Crippen LogP contribution is -2.20. The summed E-state index contributed by atoms with van der Waals surface area (Å²) in [6.45, 7) is 1.83. The summed E-state index contributed by atoms with van der Waals surface area (Å²) >= 11 is 0. The van der Waals surface area contributed by atoms with Crippen LogP contribution in [0.25, 0.3) is 0 Å². The summed E-state index contributed by atoms with van der Waals surface area (Å²) in [6, 6.07) is 3.75. The predicted molar refractivity (Wildman–Crippen MR) is 50.9 cm³/mol. The Bertz CT molecular complexity index is 353. The second-order valence-electron chi connectivity index (χ2n) is 3.22. The third-order valence-electron chi connectivity index (χ3n) is 2.21. The monoisotopic (exact) mass is 189 g/mol. The van der Waals surface area contributed by atoms with Gasteiger partial charge in [-0.25, -0.2) is 0 Å². The maximum Gasteiger partial charge on any atom is 0.155 e. The van der Waals surface area contributed by atoms with Gasteiger partial charge in [0.2, 0.25) is 0 Å². The summed E-state index contributed by atoms with van der Waals surface area (Å²) < 4.78 is 5.65. The molecule has 1 saturated heterocycles. The summed E-state index contributed by atoms with van der Waals surface area (Å²) in [5.41, 5.74) is 0.548. The van der Waals surface area contributed by atoms with Gasteiger partial charge in [0.05, 0.1) is 11.8 Å². The number of ether oxygens (including phenoxy) is 1. The molecule has 0 amide bonds. The van der Waals surface area contributed by atoms with E-state index in [0.717, 1.165) is 19.5 Å². The van der Waals surface area contributed by atoms with Gasteiger partial charge in [0, 0.05) is 12.7 Å². The Labute approximate surface area is 82.5 Å². The van der Waals surface area contributed by atoms with Crippen LogP contribution in [0.2, 0.25) is 0 Å². The lowest BCUT2D eigenvalue weighted by atomic mass is 10.2. The van der Waals surface area contributed by atoms with Crippen molar-refractivity contribution in [3.8, 4) is 11.8 Å². The summed E-state index contributed by atoms with van der Waals surface area (Å²) in [5, 5.41) is 12.0. The number of hydrogen-bond acceptors (Lipinski definition) is 4. The van der Waals surface area contributed by atoms with Gasteiger partial charge in [-0.05, 0) is 19.0 Å². The van der Waals surface area contributed by atoms with Gasteiger partial charge in [-0.15, -0.1) is 0 Å². The molecule has 0 saturated carbocycles. The van der Waals surface area contributed by atoms with E-state index in [-0.39, 0.29) is 6.10 Å². The van der Waals surface area contributed by atoms with Crippen LogP contribution in [0.3, 0.4) is 0 Å². The zero-order chi connectivity index (χ0) is 9.80. The first-order chi connectivity index (χ1) is 6.90. The number of nitrogens with zero attached hydrogens (tertiary/aromatic N) is 2. The fourth-order valence-corrected chi connectivity index (χ4v) is 1.47. The number of hydrogen-bond donors (Lipinski definition) is 1. The Hall–Kier alpha value is -1.60. The average Bonchev–Trinajstić information content (AvgIpc) is 2.71. The van der Waals surface area contributed by atoms with Crippen molar-refractivity contribution in [3.63, 3.8) is 0 Å². The SMILES string of the molecule is N#Cc1ccncc1OC1CCNC1. The maximum atomic E-state index is 8.82. The van der Waals surface area contributed by atoms with Gasteiger partial charge in [0.25, 0.3) is 0 Å². The third kappa shape index (κ3) is 1.83. The normalized spacial score (nSPS) is 20.4. The lowest BCUT2D eigenvalue weighted by Gasteiger charge is -2.12. The molecule has 1 aliphatic rings. The molecular weight excluding hydrogens is 178 g/mol. The van der Waals surface area contributed by atoms with E-state index in [1.165, 1.54) is 0 Å². The summed E-state index contributed by atoms with van der Waals surface area (Å²) in [5.74, 6) is 0.587. The Balaban J connectivity index is 2.11. The van der Waals surface area contributed by atoms with E-state index in [1.54, 1.807) is 18.5 Å². The molecule has 4 heteroatoms. The van der Waals surface area contributed by atoms with Crippen LogP contribution in [0.15, 0.2) is 18.5 Å². The van der Waals surface area contributed by atoms with Crippen LogP contribution in [0.1, 0.15) is 12.0 Å². The largest absolute Gasteiger partial charge is 0.486 e. The van der Waals surface area contributed by atoms with Crippen LogP contribution in [-0.2, 0) is 0 Å². The number of nitrogens with one attached hydrogen (secondary N) is 1. The van der Waals surface area contributed by atoms with E-state index < -0.39 is 0 Å². The minimum absolute atomic E-state index is 0.172. The molecule has 4 nitrogen and oxygen atoms in total. The van der Waals surface area contributed by atoms with Gasteiger partial charge >= 0.3 is 0 Å². The summed E-state index contributed by atoms with van der Waals surface area (Å²) in [4.78, 5) is 3.94. The minimum atomic E-state index is 0.172. The van der Waals surface area contributed by atoms with Crippen molar-refractivity contribution >= 4 is 0 Å². The van der Waals surface area contributed by atoms with Crippen LogP contribution in [0.5, 0.6) is 5.75 Å². The zero-order valence-corrected chi connectivity index (χ0v) is 7.73. The quantitative estimate of drug-likeness (QED) is 0.743. The van der Waals surface area contributed by atoms with Crippen molar-refractivity contribution in [2.45, 2.75) is 12.5 Å². The fraction of sp³-hybridized carbons (Fsp3) is 0.400. The van der Waals surface area contributed by atoms with E-state index in [0.29, 0.717) is 11.3 Å². The molecule has 2 heterocycles. The van der Waals surface area contributed by atoms with Crippen molar-refractivity contribution in [3.05, 3.63) is 24.0 Å². The highest BCUT2D eigenvalue weighted by Gasteiger charge is 2.17. The first-order valence-electron chi connectivity index (χ1n) is 4.61. The highest BCUT2D eigenvalue weighted by Crippen LogP contribution is 2.18. The Morgan fingerprint density at radius 3 is 3.29 bits per heavy atom. The van der Waals surface area contributed by atoms with Crippen LogP contribution in [0.4, 0.5) is 0 Å². The number of aromatic nitrogens is 1. The molecule has 1 fully saturated rings. The Morgan fingerprint density at radius 2 is 2.57 bits per heavy atom. The molecule has 1 aromatic rings. The van der Waals surface area contributed by atoms with Crippen molar-refractivity contribution in [1.82, 2.24) is 10.3 Å². The smallest absolute Gasteiger partial charge is 0.155 e. The number of pyridine rings is 1. The fourth-order valence-electron chi connectivity index (χ4n) is 1.47. The van der Waals surface area contributed by atoms with E-state index in [1.807, 2.05) is 0 Å². The average molecular weight is 189 g/mol. The van der Waals surface area contributed by atoms with Gasteiger partial charge in [-0.2, -0.15) is 5.26 Å². The number of rotatable bonds is 2. The molecule has 72 valence electrons. The highest BCUT2D eigenvalue weighted by atomic mass is 16.5. The zero-order valence-electron chi connectivity index (χ0n) is 7.73. The molecule has 1 atom stereocenters. The second-order valence-corrected chi connectivity index (χ2v) is 3.22. The maximum absolute atomic E-state index is 8.82. The molecule has 0 bridgehead atoms. The summed E-state index contributed by atoms with van der Waals surface area (Å²) in [7, 11) is 0. The van der Waals surface area contributed by atoms with Crippen molar-refractivity contribution in [2.75, 3.05) is 13.1 Å². The predicted octanol–water partition coefficient (Wildman–Crippen LogP) is 0.694. The molecule has 0 aliphatic carbocycles. The molecule has 1 unspecified atom stereocenters. The van der Waals surface area contributed by atoms with E-state index >= 15 is 0 Å². The van der Waals surface area contributed by atoms with Crippen LogP contribution in [-0.4, -0.2) is 24.2 Å². The van der Waals surface area contributed by atoms with Gasteiger partial charge in [-0.1, -0.05) is 0 Å². The van der Waals surface area contributed by atoms with Gasteiger partial charge < -0.3 is 10.1 Å². The van der Waals surface area contributed by atoms with Crippen molar-refractivity contribution < 1.29 is 4.74 Å². The molecule has 0 spiro atoms. The highest BCUT2D eigenvalue weighted by molar-refractivity contribution is 5.40. The van der Waals surface area contributed by atoms with Gasteiger partial charge in [0.1, 0.15) is 12.2 Å². The first-order valence-corrected chi connectivity index (χ1v) is 4.61. The number of nitriles is 1. The van der Waals surface area contributed by atoms with Crippen LogP contribution >= 0.6 is 0 Å². The van der Waals surface area contributed by atoms with E-state index in [2.05, 4.69) is 16.4 Å². The van der Waals surface area contributed by atoms with E-state index in [4.69, 9.17) is 10.00 Å². The third-order valence-corrected chi connectivity index (χ3v) is 2.21. The molecule has 0 aromatic carbocycles. The lowest BCUT2D eigenvalue weighted by molar-refractivity contribution is 0.221. The molecular formula is C10H11N3O. The molecule has 1 N–H and O–H groups in total. The minimum Gasteiger partial charge on any atom is -0.486 e. The Morgan fingerprint density at radius 1 is 1.64 bits per heavy atom. The summed E-state index contributed by atoms with van der Waals surface area (Å²) in [6.07, 6.45) is 4.35. The van der Waals surface area contributed by atoms with E-state index in [9.17, 15) is 0 Å². The van der Waals surface area contributed by atoms with Crippen molar-refractivity contribution in [1.29, 1.82) is 5.26 Å². The molecule has 14 heavy (non-hydrogen) atoms. The van der Waals surface area contributed by atoms with Gasteiger partial charge in [0.15, 0.2) is 5.75 Å². The van der Waals surface area contributed by atoms with Crippen molar-refractivity contribution in [2.24, 2.45) is 0 Å². The second kappa shape index (κ2) is 4.07. The first kappa shape index (κ1) is 8.97. The van der Waals surface area contributed by atoms with Crippen LogP contribution < -0.4 is 10.1 Å². The van der Waals surface area contributed by atoms with Crippen LogP contribution in [0, 0.1) is 11.3 Å². The molecule has 1 aromatic heterocycles. The molecule has 2 rings (SSSR count). The Kier molecular flexibility index (Phi) is 2.61.